The van der Waals surface area contributed by atoms with E-state index in [9.17, 15) is 14.7 Å². The Hall–Kier alpha value is -4.32. The normalized spacial score (nSPS) is 12.1. The molecule has 0 aliphatic heterocycles. The van der Waals surface area contributed by atoms with Crippen LogP contribution in [0.4, 0.5) is 0 Å². The molecule has 0 aliphatic carbocycles. The van der Waals surface area contributed by atoms with Gasteiger partial charge < -0.3 is 20.4 Å². The second-order valence-corrected chi connectivity index (χ2v) is 8.40. The van der Waals surface area contributed by atoms with Crippen LogP contribution in [0.25, 0.3) is 21.8 Å². The van der Waals surface area contributed by atoms with Gasteiger partial charge >= 0.3 is 0 Å². The summed E-state index contributed by atoms with van der Waals surface area (Å²) in [5.41, 5.74) is 4.19. The Morgan fingerprint density at radius 3 is 2.21 bits per heavy atom. The van der Waals surface area contributed by atoms with Crippen LogP contribution in [0.2, 0.25) is 0 Å². The van der Waals surface area contributed by atoms with E-state index in [1.54, 1.807) is 12.1 Å². The second kappa shape index (κ2) is 8.90. The molecule has 2 aromatic heterocycles. The first-order valence-electron chi connectivity index (χ1n) is 11.3. The van der Waals surface area contributed by atoms with Gasteiger partial charge in [0.05, 0.1) is 17.0 Å². The van der Waals surface area contributed by atoms with Gasteiger partial charge in [-0.25, -0.2) is 0 Å². The number of rotatable bonds is 6. The van der Waals surface area contributed by atoms with Crippen LogP contribution in [0.3, 0.4) is 0 Å². The number of carbonyl (C=O) groups is 1. The van der Waals surface area contributed by atoms with Crippen LogP contribution < -0.4 is 10.9 Å². The maximum absolute atomic E-state index is 13.4. The van der Waals surface area contributed by atoms with Crippen molar-refractivity contribution < 1.29 is 9.90 Å². The van der Waals surface area contributed by atoms with Crippen LogP contribution in [-0.2, 0) is 11.2 Å². The lowest BCUT2D eigenvalue weighted by Gasteiger charge is -2.20. The Labute approximate surface area is 196 Å². The molecule has 3 aromatic carbocycles. The smallest absolute Gasteiger partial charge is 0.256 e. The summed E-state index contributed by atoms with van der Waals surface area (Å²) in [5, 5.41) is 15.8. The molecule has 1 unspecified atom stereocenters. The monoisotopic (exact) mass is 451 g/mol. The molecular formula is C28H25N3O3. The van der Waals surface area contributed by atoms with E-state index in [4.69, 9.17) is 0 Å². The van der Waals surface area contributed by atoms with E-state index in [0.717, 1.165) is 27.7 Å². The molecule has 0 bridgehead atoms. The second-order valence-electron chi connectivity index (χ2n) is 8.40. The van der Waals surface area contributed by atoms with Gasteiger partial charge in [-0.05, 0) is 35.7 Å². The van der Waals surface area contributed by atoms with Gasteiger partial charge in [0.2, 0.25) is 5.91 Å². The van der Waals surface area contributed by atoms with Crippen LogP contribution in [0.5, 0.6) is 5.75 Å². The van der Waals surface area contributed by atoms with Crippen molar-refractivity contribution in [3.8, 4) is 5.75 Å². The number of aromatic amines is 2. The number of H-pyrrole nitrogens is 2. The van der Waals surface area contributed by atoms with Crippen LogP contribution in [0.1, 0.15) is 35.2 Å². The van der Waals surface area contributed by atoms with Crippen molar-refractivity contribution in [3.63, 3.8) is 0 Å². The van der Waals surface area contributed by atoms with Crippen molar-refractivity contribution in [2.24, 2.45) is 0 Å². The number of benzene rings is 3. The maximum atomic E-state index is 13.4. The zero-order valence-electron chi connectivity index (χ0n) is 18.8. The first-order valence-corrected chi connectivity index (χ1v) is 11.3. The summed E-state index contributed by atoms with van der Waals surface area (Å²) < 4.78 is 0. The van der Waals surface area contributed by atoms with Crippen molar-refractivity contribution in [2.45, 2.75) is 19.3 Å². The molecule has 0 saturated carbocycles. The number of para-hydroxylation sites is 2. The number of amides is 1. The predicted molar refractivity (Wildman–Crippen MR) is 134 cm³/mol. The lowest BCUT2D eigenvalue weighted by molar-refractivity contribution is -0.118. The highest BCUT2D eigenvalue weighted by Crippen LogP contribution is 2.40. The Morgan fingerprint density at radius 1 is 0.882 bits per heavy atom. The molecule has 6 heteroatoms. The van der Waals surface area contributed by atoms with Crippen molar-refractivity contribution in [2.75, 3.05) is 6.54 Å². The van der Waals surface area contributed by atoms with Gasteiger partial charge in [-0.3, -0.25) is 9.59 Å². The summed E-state index contributed by atoms with van der Waals surface area (Å²) in [7, 11) is 0. The van der Waals surface area contributed by atoms with Crippen LogP contribution in [-0.4, -0.2) is 27.5 Å². The molecular weight excluding hydrogens is 426 g/mol. The predicted octanol–water partition coefficient (Wildman–Crippen LogP) is 4.57. The standard InChI is InChI=1S/C28H25N3O3/c1-17(32)29-16-15-20-19-11-5-7-13-22(19)30-26(20)24(18-9-3-2-4-10-18)25-27(33)21-12-6-8-14-23(21)31-28(25)34/h2-14,24,30H,15-16H2,1H3,(H,29,32)(H2,31,33,34). The van der Waals surface area contributed by atoms with Gasteiger partial charge in [-0.1, -0.05) is 60.7 Å². The molecule has 6 nitrogen and oxygen atoms in total. The number of hydrogen-bond acceptors (Lipinski definition) is 3. The molecule has 0 spiro atoms. The van der Waals surface area contributed by atoms with Crippen LogP contribution >= 0.6 is 0 Å². The minimum Gasteiger partial charge on any atom is -0.507 e. The number of aromatic hydroxyl groups is 1. The van der Waals surface area contributed by atoms with Gasteiger partial charge in [0.25, 0.3) is 5.56 Å². The molecule has 0 saturated heterocycles. The van der Waals surface area contributed by atoms with Crippen molar-refractivity contribution in [1.82, 2.24) is 15.3 Å². The molecule has 170 valence electrons. The van der Waals surface area contributed by atoms with E-state index >= 15 is 0 Å². The van der Waals surface area contributed by atoms with E-state index in [1.807, 2.05) is 66.7 Å². The molecule has 2 heterocycles. The zero-order valence-corrected chi connectivity index (χ0v) is 18.8. The Morgan fingerprint density at radius 2 is 1.50 bits per heavy atom. The van der Waals surface area contributed by atoms with Crippen molar-refractivity contribution in [1.29, 1.82) is 0 Å². The first kappa shape index (κ1) is 21.5. The molecule has 0 fully saturated rings. The molecule has 34 heavy (non-hydrogen) atoms. The summed E-state index contributed by atoms with van der Waals surface area (Å²) in [6, 6.07) is 24.9. The molecule has 0 radical (unpaired) electrons. The largest absolute Gasteiger partial charge is 0.507 e. The van der Waals surface area contributed by atoms with Gasteiger partial charge in [0.15, 0.2) is 0 Å². The average molecular weight is 452 g/mol. The minimum atomic E-state index is -0.533. The third kappa shape index (κ3) is 3.83. The van der Waals surface area contributed by atoms with E-state index in [-0.39, 0.29) is 22.8 Å². The van der Waals surface area contributed by atoms with Crippen molar-refractivity contribution >= 4 is 27.7 Å². The van der Waals surface area contributed by atoms with E-state index in [1.165, 1.54) is 6.92 Å². The highest BCUT2D eigenvalue weighted by atomic mass is 16.3. The average Bonchev–Trinajstić information content (AvgIpc) is 3.20. The van der Waals surface area contributed by atoms with Gasteiger partial charge in [0, 0.05) is 35.5 Å². The lowest BCUT2D eigenvalue weighted by atomic mass is 9.85. The number of nitrogens with one attached hydrogen (secondary N) is 3. The van der Waals surface area contributed by atoms with Crippen LogP contribution in [0.15, 0.2) is 83.7 Å². The van der Waals surface area contributed by atoms with Gasteiger partial charge in [0.1, 0.15) is 5.75 Å². The summed E-state index contributed by atoms with van der Waals surface area (Å²) in [6.45, 7) is 1.96. The SMILES string of the molecule is CC(=O)NCCc1c(C(c2ccccc2)c2c(O)c3ccccc3[nH]c2=O)[nH]c2ccccc12. The van der Waals surface area contributed by atoms with E-state index < -0.39 is 5.92 Å². The first-order chi connectivity index (χ1) is 16.5. The fraction of sp³-hybridized carbons (Fsp3) is 0.143. The maximum Gasteiger partial charge on any atom is 0.256 e. The Kier molecular flexibility index (Phi) is 5.64. The van der Waals surface area contributed by atoms with Crippen LogP contribution in [0, 0.1) is 0 Å². The zero-order chi connectivity index (χ0) is 23.7. The lowest BCUT2D eigenvalue weighted by Crippen LogP contribution is -2.23. The summed E-state index contributed by atoms with van der Waals surface area (Å²) in [4.78, 5) is 31.4. The fourth-order valence-corrected chi connectivity index (χ4v) is 4.73. The third-order valence-electron chi connectivity index (χ3n) is 6.24. The highest BCUT2D eigenvalue weighted by molar-refractivity contribution is 5.88. The molecule has 5 aromatic rings. The van der Waals surface area contributed by atoms with Crippen molar-refractivity contribution in [3.05, 3.63) is 112 Å². The quantitative estimate of drug-likeness (QED) is 0.304. The van der Waals surface area contributed by atoms with E-state index in [0.29, 0.717) is 23.9 Å². The number of carbonyl (C=O) groups excluding carboxylic acids is 1. The molecule has 5 rings (SSSR count). The topological polar surface area (TPSA) is 98.0 Å². The Balaban J connectivity index is 1.79. The number of aromatic nitrogens is 2. The molecule has 1 atom stereocenters. The summed E-state index contributed by atoms with van der Waals surface area (Å²) >= 11 is 0. The number of pyridine rings is 1. The summed E-state index contributed by atoms with van der Waals surface area (Å²) in [6.07, 6.45) is 0.578. The fourth-order valence-electron chi connectivity index (χ4n) is 4.73. The summed E-state index contributed by atoms with van der Waals surface area (Å²) in [5.74, 6) is -0.654. The Bertz CT molecular complexity index is 1550. The van der Waals surface area contributed by atoms with Gasteiger partial charge in [-0.2, -0.15) is 0 Å². The molecule has 1 amide bonds. The minimum absolute atomic E-state index is 0.0281. The highest BCUT2D eigenvalue weighted by Gasteiger charge is 2.29. The van der Waals surface area contributed by atoms with E-state index in [2.05, 4.69) is 15.3 Å². The molecule has 4 N–H and O–H groups in total. The van der Waals surface area contributed by atoms with Gasteiger partial charge in [-0.15, -0.1) is 0 Å². The number of hydrogen-bond donors (Lipinski definition) is 4. The third-order valence-corrected chi connectivity index (χ3v) is 6.24. The molecule has 0 aliphatic rings. The number of fused-ring (bicyclic) bond motifs is 2.